The van der Waals surface area contributed by atoms with Gasteiger partial charge < -0.3 is 4.74 Å². The van der Waals surface area contributed by atoms with Crippen LogP contribution in [0.1, 0.15) is 110 Å². The van der Waals surface area contributed by atoms with E-state index in [1.807, 2.05) is 6.92 Å². The van der Waals surface area contributed by atoms with Gasteiger partial charge in [-0.15, -0.1) is 0 Å². The third-order valence-electron chi connectivity index (χ3n) is 6.58. The van der Waals surface area contributed by atoms with Crippen molar-refractivity contribution in [2.75, 3.05) is 6.61 Å². The molecule has 2 aliphatic carbocycles. The van der Waals surface area contributed by atoms with Crippen LogP contribution in [0.4, 0.5) is 0 Å². The van der Waals surface area contributed by atoms with Crippen LogP contribution in [-0.2, 0) is 9.53 Å². The first-order chi connectivity index (χ1) is 12.8. The van der Waals surface area contributed by atoms with Crippen LogP contribution in [0.15, 0.2) is 0 Å². The number of rotatable bonds is 15. The molecular formula is C24H42O2. The first-order valence-electron chi connectivity index (χ1n) is 11.6. The first kappa shape index (κ1) is 21.9. The summed E-state index contributed by atoms with van der Waals surface area (Å²) >= 11 is 0. The van der Waals surface area contributed by atoms with Crippen molar-refractivity contribution in [3.05, 3.63) is 6.42 Å². The van der Waals surface area contributed by atoms with Crippen LogP contribution in [0.25, 0.3) is 0 Å². The van der Waals surface area contributed by atoms with Crippen molar-refractivity contribution in [2.45, 2.75) is 116 Å². The molecule has 2 aliphatic rings. The highest BCUT2D eigenvalue weighted by Crippen LogP contribution is 2.34. The Kier molecular flexibility index (Phi) is 11.6. The Morgan fingerprint density at radius 1 is 0.962 bits per heavy atom. The summed E-state index contributed by atoms with van der Waals surface area (Å²) in [4.78, 5) is 10.4. The molecule has 0 heterocycles. The lowest BCUT2D eigenvalue weighted by Crippen LogP contribution is -2.10. The van der Waals surface area contributed by atoms with Gasteiger partial charge in [0.15, 0.2) is 0 Å². The zero-order valence-electron chi connectivity index (χ0n) is 17.2. The summed E-state index contributed by atoms with van der Waals surface area (Å²) in [6, 6.07) is 0. The Hall–Kier alpha value is -0.370. The predicted octanol–water partition coefficient (Wildman–Crippen LogP) is 6.82. The normalized spacial score (nSPS) is 25.0. The molecule has 2 radical (unpaired) electrons. The second kappa shape index (κ2) is 13.7. The fourth-order valence-electron chi connectivity index (χ4n) is 4.79. The van der Waals surface area contributed by atoms with Crippen molar-refractivity contribution in [1.29, 1.82) is 0 Å². The van der Waals surface area contributed by atoms with E-state index < -0.39 is 0 Å². The van der Waals surface area contributed by atoms with Gasteiger partial charge in [0.2, 0.25) is 6.29 Å². The molecule has 4 atom stereocenters. The van der Waals surface area contributed by atoms with Crippen LogP contribution in [0.3, 0.4) is 0 Å². The standard InChI is InChI=1S/C24H42O2/c1-21(20-25)11-6-4-2-3-5-9-18-26-24-17-16-23(19-24)15-10-14-22-12-7-8-13-22/h7,21-24H,2-6,8-19H2,1H3. The van der Waals surface area contributed by atoms with Crippen molar-refractivity contribution in [3.8, 4) is 0 Å². The van der Waals surface area contributed by atoms with Gasteiger partial charge in [0.1, 0.15) is 0 Å². The molecule has 0 spiro atoms. The Labute approximate surface area is 162 Å². The molecule has 0 aliphatic heterocycles. The summed E-state index contributed by atoms with van der Waals surface area (Å²) in [6.45, 7) is 2.93. The maximum atomic E-state index is 10.4. The highest BCUT2D eigenvalue weighted by atomic mass is 16.5. The van der Waals surface area contributed by atoms with E-state index in [4.69, 9.17) is 4.74 Å². The smallest absolute Gasteiger partial charge is 0.201 e. The quantitative estimate of drug-likeness (QED) is 0.299. The molecule has 0 aromatic heterocycles. The third-order valence-corrected chi connectivity index (χ3v) is 6.58. The van der Waals surface area contributed by atoms with Gasteiger partial charge in [-0.05, 0) is 63.2 Å². The molecule has 0 aromatic rings. The first-order valence-corrected chi connectivity index (χ1v) is 11.6. The summed E-state index contributed by atoms with van der Waals surface area (Å²) in [5.74, 6) is 2.08. The van der Waals surface area contributed by atoms with E-state index >= 15 is 0 Å². The minimum atomic E-state index is 0.125. The highest BCUT2D eigenvalue weighted by Gasteiger charge is 2.25. The molecule has 0 aromatic carbocycles. The molecule has 2 nitrogen and oxygen atoms in total. The largest absolute Gasteiger partial charge is 0.378 e. The van der Waals surface area contributed by atoms with Crippen LogP contribution in [0.5, 0.6) is 0 Å². The second-order valence-electron chi connectivity index (χ2n) is 9.00. The maximum absolute atomic E-state index is 10.4. The lowest BCUT2D eigenvalue weighted by molar-refractivity contribution is 0.0525. The Morgan fingerprint density at radius 3 is 2.50 bits per heavy atom. The van der Waals surface area contributed by atoms with Gasteiger partial charge in [-0.3, -0.25) is 4.79 Å². The lowest BCUT2D eigenvalue weighted by atomic mass is 9.95. The van der Waals surface area contributed by atoms with Crippen molar-refractivity contribution in [2.24, 2.45) is 17.8 Å². The van der Waals surface area contributed by atoms with Gasteiger partial charge in [0.05, 0.1) is 6.10 Å². The highest BCUT2D eigenvalue weighted by molar-refractivity contribution is 5.53. The van der Waals surface area contributed by atoms with Gasteiger partial charge in [-0.1, -0.05) is 64.7 Å². The number of ether oxygens (including phenoxy) is 1. The summed E-state index contributed by atoms with van der Waals surface area (Å²) in [5, 5.41) is 0. The van der Waals surface area contributed by atoms with Gasteiger partial charge in [-0.2, -0.15) is 0 Å². The number of hydrogen-bond acceptors (Lipinski definition) is 2. The number of carbonyl (C=O) groups excluding carboxylic acids is 1. The molecular weight excluding hydrogens is 320 g/mol. The van der Waals surface area contributed by atoms with E-state index in [9.17, 15) is 4.79 Å². The van der Waals surface area contributed by atoms with Crippen LogP contribution in [-0.4, -0.2) is 19.0 Å². The van der Waals surface area contributed by atoms with Crippen LogP contribution in [0.2, 0.25) is 0 Å². The Bertz CT molecular complexity index is 348. The fourth-order valence-corrected chi connectivity index (χ4v) is 4.79. The second-order valence-corrected chi connectivity index (χ2v) is 9.00. The fraction of sp³-hybridized carbons (Fsp3) is 0.917. The van der Waals surface area contributed by atoms with Crippen LogP contribution >= 0.6 is 0 Å². The number of unbranched alkanes of at least 4 members (excludes halogenated alkanes) is 5. The van der Waals surface area contributed by atoms with Crippen molar-refractivity contribution in [3.63, 3.8) is 0 Å². The van der Waals surface area contributed by atoms with Gasteiger partial charge >= 0.3 is 0 Å². The Balaban J connectivity index is 1.35. The summed E-state index contributed by atoms with van der Waals surface area (Å²) in [7, 11) is 0. The SMILES string of the molecule is CC([C]=O)CCCCCCCCOC1CCC(CCCC2C[CH]CC2)C1. The average Bonchev–Trinajstić information content (AvgIpc) is 3.32. The van der Waals surface area contributed by atoms with E-state index in [1.165, 1.54) is 96.3 Å². The molecule has 2 fully saturated rings. The number of hydrogen-bond donors (Lipinski definition) is 0. The van der Waals surface area contributed by atoms with Crippen molar-refractivity contribution < 1.29 is 9.53 Å². The molecule has 150 valence electrons. The van der Waals surface area contributed by atoms with E-state index in [0.29, 0.717) is 6.10 Å². The molecule has 4 unspecified atom stereocenters. The predicted molar refractivity (Wildman–Crippen MR) is 110 cm³/mol. The van der Waals surface area contributed by atoms with E-state index in [2.05, 4.69) is 12.7 Å². The molecule has 2 heteroatoms. The maximum Gasteiger partial charge on any atom is 0.201 e. The van der Waals surface area contributed by atoms with Crippen molar-refractivity contribution in [1.82, 2.24) is 0 Å². The van der Waals surface area contributed by atoms with E-state index in [1.54, 1.807) is 0 Å². The van der Waals surface area contributed by atoms with Gasteiger partial charge in [0.25, 0.3) is 0 Å². The Morgan fingerprint density at radius 2 is 1.73 bits per heavy atom. The van der Waals surface area contributed by atoms with Gasteiger partial charge in [0, 0.05) is 12.5 Å². The van der Waals surface area contributed by atoms with Crippen LogP contribution in [0, 0.1) is 24.2 Å². The molecule has 2 saturated carbocycles. The summed E-state index contributed by atoms with van der Waals surface area (Å²) < 4.78 is 6.14. The monoisotopic (exact) mass is 362 g/mol. The zero-order valence-corrected chi connectivity index (χ0v) is 17.2. The summed E-state index contributed by atoms with van der Waals surface area (Å²) in [6.07, 6.45) is 26.3. The van der Waals surface area contributed by atoms with Crippen molar-refractivity contribution >= 4 is 6.29 Å². The molecule has 2 rings (SSSR count). The zero-order chi connectivity index (χ0) is 18.5. The van der Waals surface area contributed by atoms with E-state index in [0.717, 1.165) is 24.9 Å². The molecule has 0 bridgehead atoms. The van der Waals surface area contributed by atoms with E-state index in [-0.39, 0.29) is 5.92 Å². The third kappa shape index (κ3) is 9.53. The molecule has 0 saturated heterocycles. The minimum absolute atomic E-state index is 0.125. The molecule has 26 heavy (non-hydrogen) atoms. The average molecular weight is 363 g/mol. The molecule has 0 amide bonds. The van der Waals surface area contributed by atoms with Crippen LogP contribution < -0.4 is 0 Å². The summed E-state index contributed by atoms with van der Waals surface area (Å²) in [5.41, 5.74) is 0. The lowest BCUT2D eigenvalue weighted by Gasteiger charge is -2.14. The van der Waals surface area contributed by atoms with Gasteiger partial charge in [-0.25, -0.2) is 0 Å². The minimum Gasteiger partial charge on any atom is -0.378 e. The molecule has 0 N–H and O–H groups in total. The topological polar surface area (TPSA) is 26.3 Å².